The van der Waals surface area contributed by atoms with Crippen LogP contribution in [0.15, 0.2) is 12.2 Å². The minimum Gasteiger partial charge on any atom is -0.299 e. The summed E-state index contributed by atoms with van der Waals surface area (Å²) in [6.07, 6.45) is 7.87. The maximum absolute atomic E-state index is 9.92. The zero-order valence-electron chi connectivity index (χ0n) is 8.42. The largest absolute Gasteiger partial charge is 0.299 e. The Morgan fingerprint density at radius 3 is 2.42 bits per heavy atom. The molecule has 1 heteroatoms. The number of unbranched alkanes of at least 4 members (excludes halogenated alkanes) is 1. The molecule has 0 aliphatic heterocycles. The molecule has 0 fully saturated rings. The predicted octanol–water partition coefficient (Wildman–Crippen LogP) is 3.20. The molecule has 0 radical (unpaired) electrons. The standard InChI is InChI=1S/C11H20O/c1-10(2)11(3)8-6-4-5-7-9-12/h5,7,9-11H,4,6,8H2,1-3H3. The number of aldehydes is 1. The fourth-order valence-corrected chi connectivity index (χ4v) is 1.04. The van der Waals surface area contributed by atoms with Crippen molar-refractivity contribution in [2.45, 2.75) is 40.0 Å². The van der Waals surface area contributed by atoms with Gasteiger partial charge in [0.25, 0.3) is 0 Å². The highest BCUT2D eigenvalue weighted by molar-refractivity contribution is 5.64. The minimum atomic E-state index is 0.778. The van der Waals surface area contributed by atoms with Gasteiger partial charge in [-0.15, -0.1) is 0 Å². The van der Waals surface area contributed by atoms with Gasteiger partial charge >= 0.3 is 0 Å². The highest BCUT2D eigenvalue weighted by atomic mass is 16.1. The Bertz CT molecular complexity index is 136. The van der Waals surface area contributed by atoms with Crippen LogP contribution in [-0.2, 0) is 4.79 Å². The van der Waals surface area contributed by atoms with Gasteiger partial charge in [-0.25, -0.2) is 0 Å². The molecule has 0 bridgehead atoms. The first kappa shape index (κ1) is 11.4. The van der Waals surface area contributed by atoms with Gasteiger partial charge < -0.3 is 0 Å². The quantitative estimate of drug-likeness (QED) is 0.338. The van der Waals surface area contributed by atoms with Crippen LogP contribution in [-0.4, -0.2) is 6.29 Å². The molecule has 0 aromatic carbocycles. The second-order valence-corrected chi connectivity index (χ2v) is 3.72. The average molecular weight is 168 g/mol. The van der Waals surface area contributed by atoms with Gasteiger partial charge in [-0.2, -0.15) is 0 Å². The molecule has 70 valence electrons. The lowest BCUT2D eigenvalue weighted by Gasteiger charge is -2.13. The summed E-state index contributed by atoms with van der Waals surface area (Å²) in [4.78, 5) is 9.92. The van der Waals surface area contributed by atoms with E-state index in [0.717, 1.165) is 24.5 Å². The lowest BCUT2D eigenvalue weighted by atomic mass is 9.93. The third kappa shape index (κ3) is 6.14. The van der Waals surface area contributed by atoms with Crippen LogP contribution in [0.25, 0.3) is 0 Å². The molecular formula is C11H20O. The molecule has 1 nitrogen and oxygen atoms in total. The third-order valence-corrected chi connectivity index (χ3v) is 2.38. The molecule has 0 aromatic heterocycles. The number of hydrogen-bond donors (Lipinski definition) is 0. The van der Waals surface area contributed by atoms with E-state index in [2.05, 4.69) is 20.8 Å². The van der Waals surface area contributed by atoms with E-state index in [1.54, 1.807) is 6.08 Å². The van der Waals surface area contributed by atoms with Crippen LogP contribution in [0, 0.1) is 11.8 Å². The molecule has 0 heterocycles. The van der Waals surface area contributed by atoms with Gasteiger partial charge in [0.05, 0.1) is 0 Å². The second-order valence-electron chi connectivity index (χ2n) is 3.72. The van der Waals surface area contributed by atoms with E-state index in [1.165, 1.54) is 12.8 Å². The normalized spacial score (nSPS) is 14.0. The smallest absolute Gasteiger partial charge is 0.142 e. The number of allylic oxidation sites excluding steroid dienone is 2. The van der Waals surface area contributed by atoms with Crippen LogP contribution in [0.2, 0.25) is 0 Å². The lowest BCUT2D eigenvalue weighted by Crippen LogP contribution is -2.02. The zero-order chi connectivity index (χ0) is 9.40. The number of carbonyl (C=O) groups is 1. The summed E-state index contributed by atoms with van der Waals surface area (Å²) in [5.74, 6) is 1.58. The van der Waals surface area contributed by atoms with Crippen molar-refractivity contribution < 1.29 is 4.79 Å². The maximum atomic E-state index is 9.92. The molecule has 0 rings (SSSR count). The molecule has 12 heavy (non-hydrogen) atoms. The zero-order valence-corrected chi connectivity index (χ0v) is 8.42. The van der Waals surface area contributed by atoms with Crippen molar-refractivity contribution in [2.24, 2.45) is 11.8 Å². The SMILES string of the molecule is CC(C)C(C)CCCC=CC=O. The number of hydrogen-bond acceptors (Lipinski definition) is 1. The monoisotopic (exact) mass is 168 g/mol. The van der Waals surface area contributed by atoms with Gasteiger partial charge in [0, 0.05) is 0 Å². The van der Waals surface area contributed by atoms with Crippen molar-refractivity contribution in [1.82, 2.24) is 0 Å². The highest BCUT2D eigenvalue weighted by Crippen LogP contribution is 2.16. The van der Waals surface area contributed by atoms with Crippen molar-refractivity contribution >= 4 is 6.29 Å². The van der Waals surface area contributed by atoms with Crippen LogP contribution >= 0.6 is 0 Å². The van der Waals surface area contributed by atoms with Crippen molar-refractivity contribution in [2.75, 3.05) is 0 Å². The maximum Gasteiger partial charge on any atom is 0.142 e. The number of rotatable bonds is 6. The van der Waals surface area contributed by atoms with E-state index in [4.69, 9.17) is 0 Å². The summed E-state index contributed by atoms with van der Waals surface area (Å²) in [5, 5.41) is 0. The first-order valence-electron chi connectivity index (χ1n) is 4.78. The first-order chi connectivity index (χ1) is 5.68. The van der Waals surface area contributed by atoms with E-state index in [-0.39, 0.29) is 0 Å². The van der Waals surface area contributed by atoms with Gasteiger partial charge in [-0.05, 0) is 30.8 Å². The van der Waals surface area contributed by atoms with E-state index in [9.17, 15) is 4.79 Å². The molecule has 0 N–H and O–H groups in total. The van der Waals surface area contributed by atoms with Gasteiger partial charge in [0.2, 0.25) is 0 Å². The molecule has 0 saturated heterocycles. The number of carbonyl (C=O) groups excluding carboxylic acids is 1. The van der Waals surface area contributed by atoms with Crippen LogP contribution in [0.1, 0.15) is 40.0 Å². The van der Waals surface area contributed by atoms with Crippen molar-refractivity contribution in [1.29, 1.82) is 0 Å². The van der Waals surface area contributed by atoms with Crippen LogP contribution < -0.4 is 0 Å². The summed E-state index contributed by atoms with van der Waals surface area (Å²) in [5.41, 5.74) is 0. The molecular weight excluding hydrogens is 148 g/mol. The van der Waals surface area contributed by atoms with Crippen molar-refractivity contribution in [3.05, 3.63) is 12.2 Å². The fourth-order valence-electron chi connectivity index (χ4n) is 1.04. The molecule has 0 amide bonds. The van der Waals surface area contributed by atoms with Gasteiger partial charge in [0.1, 0.15) is 6.29 Å². The molecule has 0 aliphatic carbocycles. The van der Waals surface area contributed by atoms with Gasteiger partial charge in [-0.3, -0.25) is 4.79 Å². The Balaban J connectivity index is 3.30. The van der Waals surface area contributed by atoms with E-state index < -0.39 is 0 Å². The lowest BCUT2D eigenvalue weighted by molar-refractivity contribution is -0.104. The Labute approximate surface area is 75.9 Å². The molecule has 0 spiro atoms. The summed E-state index contributed by atoms with van der Waals surface area (Å²) in [7, 11) is 0. The highest BCUT2D eigenvalue weighted by Gasteiger charge is 2.04. The van der Waals surface area contributed by atoms with Crippen LogP contribution in [0.4, 0.5) is 0 Å². The predicted molar refractivity (Wildman–Crippen MR) is 53.1 cm³/mol. The van der Waals surface area contributed by atoms with Crippen LogP contribution in [0.5, 0.6) is 0 Å². The molecule has 0 aliphatic rings. The first-order valence-corrected chi connectivity index (χ1v) is 4.78. The van der Waals surface area contributed by atoms with Gasteiger partial charge in [-0.1, -0.05) is 33.3 Å². The minimum absolute atomic E-state index is 0.778. The Kier molecular flexibility index (Phi) is 6.73. The summed E-state index contributed by atoms with van der Waals surface area (Å²) < 4.78 is 0. The fraction of sp³-hybridized carbons (Fsp3) is 0.727. The molecule has 0 saturated carbocycles. The Morgan fingerprint density at radius 1 is 1.25 bits per heavy atom. The summed E-state index contributed by atoms with van der Waals surface area (Å²) in [6, 6.07) is 0. The van der Waals surface area contributed by atoms with Gasteiger partial charge in [0.15, 0.2) is 0 Å². The molecule has 1 atom stereocenters. The van der Waals surface area contributed by atoms with Crippen molar-refractivity contribution in [3.8, 4) is 0 Å². The Hall–Kier alpha value is -0.590. The van der Waals surface area contributed by atoms with Crippen LogP contribution in [0.3, 0.4) is 0 Å². The van der Waals surface area contributed by atoms with E-state index in [1.807, 2.05) is 6.08 Å². The average Bonchev–Trinajstić information content (AvgIpc) is 2.03. The van der Waals surface area contributed by atoms with E-state index in [0.29, 0.717) is 0 Å². The molecule has 0 aromatic rings. The second kappa shape index (κ2) is 7.08. The Morgan fingerprint density at radius 2 is 1.92 bits per heavy atom. The third-order valence-electron chi connectivity index (χ3n) is 2.38. The topological polar surface area (TPSA) is 17.1 Å². The van der Waals surface area contributed by atoms with Crippen molar-refractivity contribution in [3.63, 3.8) is 0 Å². The summed E-state index contributed by atoms with van der Waals surface area (Å²) >= 11 is 0. The van der Waals surface area contributed by atoms with E-state index >= 15 is 0 Å². The molecule has 1 unspecified atom stereocenters. The summed E-state index contributed by atoms with van der Waals surface area (Å²) in [6.45, 7) is 6.80.